The van der Waals surface area contributed by atoms with Crippen LogP contribution in [-0.2, 0) is 0 Å². The fraction of sp³-hybridized carbons (Fsp3) is 0.667. The third-order valence-electron chi connectivity index (χ3n) is 2.12. The molecule has 0 saturated heterocycles. The highest BCUT2D eigenvalue weighted by Gasteiger charge is 2.09. The van der Waals surface area contributed by atoms with Crippen molar-refractivity contribution in [1.29, 1.82) is 0 Å². The Morgan fingerprint density at radius 2 is 1.40 bits per heavy atom. The Kier molecular flexibility index (Phi) is 4.08. The highest BCUT2D eigenvalue weighted by molar-refractivity contribution is 5.42. The quantitative estimate of drug-likeness (QED) is 0.749. The summed E-state index contributed by atoms with van der Waals surface area (Å²) in [6.07, 6.45) is 0. The molecule has 0 atom stereocenters. The fourth-order valence-corrected chi connectivity index (χ4v) is 1.24. The van der Waals surface area contributed by atoms with Crippen molar-refractivity contribution in [2.75, 3.05) is 42.7 Å². The van der Waals surface area contributed by atoms with E-state index in [2.05, 4.69) is 44.3 Å². The molecule has 0 bridgehead atoms. The maximum Gasteiger partial charge on any atom is 0.231 e. The molecular formula is C9H18N6. The van der Waals surface area contributed by atoms with Crippen molar-refractivity contribution in [3.63, 3.8) is 0 Å². The van der Waals surface area contributed by atoms with Crippen LogP contribution in [0.2, 0.25) is 0 Å². The van der Waals surface area contributed by atoms with Gasteiger partial charge >= 0.3 is 0 Å². The van der Waals surface area contributed by atoms with E-state index in [-0.39, 0.29) is 0 Å². The molecule has 6 nitrogen and oxygen atoms in total. The van der Waals surface area contributed by atoms with Crippen LogP contribution in [0, 0.1) is 0 Å². The van der Waals surface area contributed by atoms with Gasteiger partial charge < -0.3 is 15.5 Å². The third-order valence-corrected chi connectivity index (χ3v) is 2.12. The van der Waals surface area contributed by atoms with Crippen LogP contribution < -0.4 is 15.5 Å². The van der Waals surface area contributed by atoms with Crippen LogP contribution in [0.1, 0.15) is 13.8 Å². The van der Waals surface area contributed by atoms with Gasteiger partial charge in [0.15, 0.2) is 0 Å². The molecule has 0 radical (unpaired) electrons. The van der Waals surface area contributed by atoms with E-state index in [0.717, 1.165) is 13.1 Å². The van der Waals surface area contributed by atoms with Gasteiger partial charge in [0.2, 0.25) is 17.8 Å². The van der Waals surface area contributed by atoms with E-state index in [1.807, 2.05) is 0 Å². The van der Waals surface area contributed by atoms with Crippen molar-refractivity contribution in [3.05, 3.63) is 0 Å². The summed E-state index contributed by atoms with van der Waals surface area (Å²) in [5.41, 5.74) is 0. The van der Waals surface area contributed by atoms with Crippen molar-refractivity contribution in [3.8, 4) is 0 Å². The second-order valence-electron chi connectivity index (χ2n) is 2.95. The average molecular weight is 210 g/mol. The molecule has 84 valence electrons. The van der Waals surface area contributed by atoms with Crippen LogP contribution in [0.4, 0.5) is 17.8 Å². The monoisotopic (exact) mass is 210 g/mol. The van der Waals surface area contributed by atoms with Gasteiger partial charge in [0, 0.05) is 27.2 Å². The van der Waals surface area contributed by atoms with Crippen molar-refractivity contribution in [1.82, 2.24) is 15.0 Å². The Morgan fingerprint density at radius 1 is 0.933 bits per heavy atom. The average Bonchev–Trinajstić information content (AvgIpc) is 2.30. The van der Waals surface area contributed by atoms with Crippen molar-refractivity contribution in [2.45, 2.75) is 13.8 Å². The molecule has 1 aromatic rings. The molecule has 0 aliphatic heterocycles. The fourth-order valence-electron chi connectivity index (χ4n) is 1.24. The summed E-state index contributed by atoms with van der Waals surface area (Å²) >= 11 is 0. The van der Waals surface area contributed by atoms with E-state index in [1.165, 1.54) is 0 Å². The van der Waals surface area contributed by atoms with Crippen LogP contribution in [0.25, 0.3) is 0 Å². The molecule has 1 rings (SSSR count). The molecule has 0 aromatic carbocycles. The summed E-state index contributed by atoms with van der Waals surface area (Å²) < 4.78 is 0. The van der Waals surface area contributed by atoms with Crippen molar-refractivity contribution in [2.24, 2.45) is 0 Å². The zero-order valence-electron chi connectivity index (χ0n) is 9.70. The highest BCUT2D eigenvalue weighted by Crippen LogP contribution is 2.12. The Morgan fingerprint density at radius 3 is 1.73 bits per heavy atom. The van der Waals surface area contributed by atoms with Gasteiger partial charge in [0.05, 0.1) is 0 Å². The van der Waals surface area contributed by atoms with Crippen molar-refractivity contribution < 1.29 is 0 Å². The SMILES string of the molecule is CCN(CC)c1nc(NC)nc(NC)n1. The lowest BCUT2D eigenvalue weighted by Gasteiger charge is -2.19. The van der Waals surface area contributed by atoms with Gasteiger partial charge in [-0.15, -0.1) is 0 Å². The first kappa shape index (κ1) is 11.5. The number of hydrogen-bond acceptors (Lipinski definition) is 6. The van der Waals surface area contributed by atoms with Crippen LogP contribution >= 0.6 is 0 Å². The molecule has 0 amide bonds. The Labute approximate surface area is 90.1 Å². The summed E-state index contributed by atoms with van der Waals surface area (Å²) in [6, 6.07) is 0. The van der Waals surface area contributed by atoms with Gasteiger partial charge in [-0.3, -0.25) is 0 Å². The van der Waals surface area contributed by atoms with E-state index < -0.39 is 0 Å². The Bertz CT molecular complexity index is 287. The predicted molar refractivity (Wildman–Crippen MR) is 62.5 cm³/mol. The van der Waals surface area contributed by atoms with Crippen LogP contribution in [0.3, 0.4) is 0 Å². The number of rotatable bonds is 5. The van der Waals surface area contributed by atoms with Crippen LogP contribution in [-0.4, -0.2) is 42.1 Å². The van der Waals surface area contributed by atoms with Gasteiger partial charge in [-0.25, -0.2) is 0 Å². The minimum Gasteiger partial charge on any atom is -0.357 e. The van der Waals surface area contributed by atoms with Crippen LogP contribution in [0.15, 0.2) is 0 Å². The van der Waals surface area contributed by atoms with E-state index in [1.54, 1.807) is 14.1 Å². The third kappa shape index (κ3) is 2.68. The first-order valence-corrected chi connectivity index (χ1v) is 5.11. The minimum atomic E-state index is 0.580. The summed E-state index contributed by atoms with van der Waals surface area (Å²) in [5, 5.41) is 5.83. The maximum absolute atomic E-state index is 4.29. The zero-order chi connectivity index (χ0) is 11.3. The number of aromatic nitrogens is 3. The van der Waals surface area contributed by atoms with E-state index >= 15 is 0 Å². The molecule has 0 fully saturated rings. The molecule has 0 aliphatic carbocycles. The minimum absolute atomic E-state index is 0.580. The second kappa shape index (κ2) is 5.33. The summed E-state index contributed by atoms with van der Waals surface area (Å²) in [4.78, 5) is 14.8. The molecule has 0 aliphatic rings. The molecule has 6 heteroatoms. The predicted octanol–water partition coefficient (Wildman–Crippen LogP) is 0.801. The van der Waals surface area contributed by atoms with Gasteiger partial charge in [0.1, 0.15) is 0 Å². The highest BCUT2D eigenvalue weighted by atomic mass is 15.3. The number of anilines is 3. The molecular weight excluding hydrogens is 192 g/mol. The molecule has 1 aromatic heterocycles. The van der Waals surface area contributed by atoms with E-state index in [4.69, 9.17) is 0 Å². The maximum atomic E-state index is 4.29. The molecule has 0 spiro atoms. The Balaban J connectivity index is 3.05. The first-order valence-electron chi connectivity index (χ1n) is 5.11. The zero-order valence-corrected chi connectivity index (χ0v) is 9.70. The summed E-state index contributed by atoms with van der Waals surface area (Å²) in [7, 11) is 3.58. The molecule has 0 unspecified atom stereocenters. The summed E-state index contributed by atoms with van der Waals surface area (Å²) in [6.45, 7) is 5.91. The van der Waals surface area contributed by atoms with Crippen LogP contribution in [0.5, 0.6) is 0 Å². The lowest BCUT2D eigenvalue weighted by atomic mass is 10.5. The second-order valence-corrected chi connectivity index (χ2v) is 2.95. The molecule has 2 N–H and O–H groups in total. The molecule has 15 heavy (non-hydrogen) atoms. The number of hydrogen-bond donors (Lipinski definition) is 2. The summed E-state index contributed by atoms with van der Waals surface area (Å²) in [5.74, 6) is 1.86. The number of nitrogens with one attached hydrogen (secondary N) is 2. The smallest absolute Gasteiger partial charge is 0.231 e. The van der Waals surface area contributed by atoms with Gasteiger partial charge in [-0.1, -0.05) is 0 Å². The normalized spacial score (nSPS) is 9.87. The van der Waals surface area contributed by atoms with Gasteiger partial charge in [0.25, 0.3) is 0 Å². The van der Waals surface area contributed by atoms with Gasteiger partial charge in [-0.05, 0) is 13.8 Å². The largest absolute Gasteiger partial charge is 0.357 e. The lowest BCUT2D eigenvalue weighted by molar-refractivity contribution is 0.814. The van der Waals surface area contributed by atoms with Gasteiger partial charge in [-0.2, -0.15) is 15.0 Å². The lowest BCUT2D eigenvalue weighted by Crippen LogP contribution is -2.25. The van der Waals surface area contributed by atoms with E-state index in [9.17, 15) is 0 Å². The molecule has 0 saturated carbocycles. The first-order chi connectivity index (χ1) is 7.24. The number of nitrogens with zero attached hydrogens (tertiary/aromatic N) is 4. The molecule has 1 heterocycles. The van der Waals surface area contributed by atoms with E-state index in [0.29, 0.717) is 17.8 Å². The Hall–Kier alpha value is -1.59. The van der Waals surface area contributed by atoms with Crippen molar-refractivity contribution >= 4 is 17.8 Å². The standard InChI is InChI=1S/C9H18N6/c1-5-15(6-2)9-13-7(10-3)12-8(11-4)14-9/h5-6H2,1-4H3,(H2,10,11,12,13,14). The topological polar surface area (TPSA) is 66.0 Å².